The van der Waals surface area contributed by atoms with Crippen LogP contribution in [0, 0.1) is 17.3 Å². The fourth-order valence-corrected chi connectivity index (χ4v) is 6.75. The van der Waals surface area contributed by atoms with Gasteiger partial charge in [-0.1, -0.05) is 6.92 Å². The van der Waals surface area contributed by atoms with Gasteiger partial charge in [0.2, 0.25) is 0 Å². The van der Waals surface area contributed by atoms with Crippen LogP contribution in [-0.4, -0.2) is 38.9 Å². The minimum Gasteiger partial charge on any atom is -0.504 e. The summed E-state index contributed by atoms with van der Waals surface area (Å²) in [6.07, 6.45) is 5.01. The first-order valence-electron chi connectivity index (χ1n) is 9.96. The third-order valence-electron chi connectivity index (χ3n) is 7.39. The highest BCUT2D eigenvalue weighted by atomic mass is 32.2. The molecule has 6 nitrogen and oxygen atoms in total. The fraction of sp³-hybridized carbons (Fsp3) is 0.619. The molecule has 5 atom stereocenters. The second kappa shape index (κ2) is 6.95. The molecule has 0 saturated heterocycles. The zero-order valence-corrected chi connectivity index (χ0v) is 16.8. The van der Waals surface area contributed by atoms with E-state index in [-0.39, 0.29) is 28.6 Å². The summed E-state index contributed by atoms with van der Waals surface area (Å²) in [5.74, 6) is 0.229. The topological polar surface area (TPSA) is 121 Å². The standard InChI is InChI=1S/C21H27NO5S/c1-21-7-6-10-11(14(21)4-5-17(21)23)2-3-12-13(10)8-16(19(25)18(12)24)28-9-15(22)20(26)27/h8,10-11,14-15,24-25H,2-7,9,22H2,1H3,(H,26,27)/t10-,11+,14-,15-,21-/m0/s1. The quantitative estimate of drug-likeness (QED) is 0.449. The first-order chi connectivity index (χ1) is 13.2. The molecule has 0 aromatic heterocycles. The molecule has 7 heteroatoms. The van der Waals surface area contributed by atoms with Gasteiger partial charge in [0.05, 0.1) is 4.90 Å². The summed E-state index contributed by atoms with van der Waals surface area (Å²) in [6, 6.07) is 0.884. The van der Waals surface area contributed by atoms with E-state index in [9.17, 15) is 19.8 Å². The molecule has 2 fully saturated rings. The van der Waals surface area contributed by atoms with Crippen molar-refractivity contribution in [2.45, 2.75) is 62.3 Å². The van der Waals surface area contributed by atoms with Gasteiger partial charge in [-0.2, -0.15) is 0 Å². The molecular formula is C21H27NO5S. The lowest BCUT2D eigenvalue weighted by Crippen LogP contribution is -2.42. The normalized spacial score (nSPS) is 32.4. The van der Waals surface area contributed by atoms with Crippen LogP contribution in [0.3, 0.4) is 0 Å². The number of ketones is 1. The molecule has 2 saturated carbocycles. The Morgan fingerprint density at radius 2 is 2.04 bits per heavy atom. The second-order valence-corrected chi connectivity index (χ2v) is 9.79. The van der Waals surface area contributed by atoms with Crippen molar-refractivity contribution in [2.75, 3.05) is 5.75 Å². The highest BCUT2D eigenvalue weighted by Gasteiger charge is 2.54. The van der Waals surface area contributed by atoms with E-state index in [4.69, 9.17) is 10.8 Å². The van der Waals surface area contributed by atoms with Crippen LogP contribution in [0.2, 0.25) is 0 Å². The number of benzene rings is 1. The lowest BCUT2D eigenvalue weighted by atomic mass is 9.55. The zero-order valence-electron chi connectivity index (χ0n) is 16.0. The van der Waals surface area contributed by atoms with E-state index in [0.29, 0.717) is 35.4 Å². The molecule has 0 amide bonds. The third kappa shape index (κ3) is 2.90. The number of aliphatic carboxylic acids is 1. The molecule has 5 N–H and O–H groups in total. The van der Waals surface area contributed by atoms with Gasteiger partial charge in [0, 0.05) is 23.2 Å². The van der Waals surface area contributed by atoms with Crippen LogP contribution in [-0.2, 0) is 16.0 Å². The van der Waals surface area contributed by atoms with E-state index in [0.717, 1.165) is 48.6 Å². The summed E-state index contributed by atoms with van der Waals surface area (Å²) < 4.78 is 0. The van der Waals surface area contributed by atoms with Crippen molar-refractivity contribution in [3.8, 4) is 11.5 Å². The third-order valence-corrected chi connectivity index (χ3v) is 8.54. The van der Waals surface area contributed by atoms with Crippen LogP contribution in [0.15, 0.2) is 11.0 Å². The molecule has 1 aromatic rings. The maximum absolute atomic E-state index is 12.5. The van der Waals surface area contributed by atoms with Gasteiger partial charge in [-0.25, -0.2) is 0 Å². The largest absolute Gasteiger partial charge is 0.504 e. The number of hydrogen-bond acceptors (Lipinski definition) is 6. The van der Waals surface area contributed by atoms with Crippen LogP contribution in [0.5, 0.6) is 11.5 Å². The van der Waals surface area contributed by atoms with Gasteiger partial charge in [0.15, 0.2) is 11.5 Å². The average Bonchev–Trinajstić information content (AvgIpc) is 2.97. The number of hydrogen-bond donors (Lipinski definition) is 4. The minimum absolute atomic E-state index is 0.0850. The zero-order chi connectivity index (χ0) is 20.2. The predicted octanol–water partition coefficient (Wildman–Crippen LogP) is 3.03. The summed E-state index contributed by atoms with van der Waals surface area (Å²) in [5, 5.41) is 30.0. The monoisotopic (exact) mass is 405 g/mol. The molecule has 0 bridgehead atoms. The number of phenols is 2. The molecule has 28 heavy (non-hydrogen) atoms. The molecule has 0 radical (unpaired) electrons. The van der Waals surface area contributed by atoms with E-state index < -0.39 is 12.0 Å². The van der Waals surface area contributed by atoms with Gasteiger partial charge >= 0.3 is 5.97 Å². The van der Waals surface area contributed by atoms with Gasteiger partial charge in [-0.15, -0.1) is 11.8 Å². The Morgan fingerprint density at radius 1 is 1.29 bits per heavy atom. The second-order valence-electron chi connectivity index (χ2n) is 8.73. The van der Waals surface area contributed by atoms with Gasteiger partial charge < -0.3 is 21.1 Å². The lowest BCUT2D eigenvalue weighted by Gasteiger charge is -2.48. The number of carboxylic acid groups (broad SMARTS) is 1. The maximum Gasteiger partial charge on any atom is 0.321 e. The molecule has 4 rings (SSSR count). The Morgan fingerprint density at radius 3 is 2.75 bits per heavy atom. The van der Waals surface area contributed by atoms with E-state index in [1.165, 1.54) is 0 Å². The number of rotatable bonds is 4. The van der Waals surface area contributed by atoms with Gasteiger partial charge in [0.25, 0.3) is 0 Å². The van der Waals surface area contributed by atoms with Gasteiger partial charge in [-0.05, 0) is 61.5 Å². The minimum atomic E-state index is -1.09. The molecule has 0 unspecified atom stereocenters. The number of aromatic hydroxyl groups is 2. The van der Waals surface area contributed by atoms with Crippen molar-refractivity contribution in [2.24, 2.45) is 23.0 Å². The number of carbonyl (C=O) groups excluding carboxylic acids is 1. The maximum atomic E-state index is 12.5. The van der Waals surface area contributed by atoms with Crippen molar-refractivity contribution in [3.63, 3.8) is 0 Å². The number of carbonyl (C=O) groups is 2. The molecule has 3 aliphatic carbocycles. The number of phenolic OH excluding ortho intramolecular Hbond substituents is 2. The number of thioether (sulfide) groups is 1. The first kappa shape index (κ1) is 19.6. The Balaban J connectivity index is 1.66. The van der Waals surface area contributed by atoms with Crippen LogP contribution in [0.1, 0.15) is 56.1 Å². The van der Waals surface area contributed by atoms with Crippen LogP contribution in [0.4, 0.5) is 0 Å². The number of carboxylic acids is 1. The smallest absolute Gasteiger partial charge is 0.321 e. The first-order valence-corrected chi connectivity index (χ1v) is 10.9. The average molecular weight is 406 g/mol. The van der Waals surface area contributed by atoms with Gasteiger partial charge in [0.1, 0.15) is 11.8 Å². The molecule has 0 aliphatic heterocycles. The van der Waals surface area contributed by atoms with E-state index in [1.54, 1.807) is 0 Å². The molecular weight excluding hydrogens is 378 g/mol. The molecule has 0 heterocycles. The van der Waals surface area contributed by atoms with Crippen molar-refractivity contribution in [3.05, 3.63) is 17.2 Å². The van der Waals surface area contributed by atoms with Crippen molar-refractivity contribution >= 4 is 23.5 Å². The van der Waals surface area contributed by atoms with Crippen LogP contribution < -0.4 is 5.73 Å². The molecule has 152 valence electrons. The molecule has 1 aromatic carbocycles. The fourth-order valence-electron chi connectivity index (χ4n) is 5.81. The lowest BCUT2D eigenvalue weighted by molar-refractivity contribution is -0.138. The Hall–Kier alpha value is -1.73. The SMILES string of the molecule is C[C@]12CC[C@@H]3c4cc(SC[C@H](N)C(=O)O)c(O)c(O)c4CC[C@H]3[C@@H]1CCC2=O. The Bertz CT molecular complexity index is 841. The van der Waals surface area contributed by atoms with E-state index in [1.807, 2.05) is 6.07 Å². The summed E-state index contributed by atoms with van der Waals surface area (Å²) in [7, 11) is 0. The van der Waals surface area contributed by atoms with E-state index >= 15 is 0 Å². The predicted molar refractivity (Wildman–Crippen MR) is 106 cm³/mol. The van der Waals surface area contributed by atoms with Crippen molar-refractivity contribution in [1.29, 1.82) is 0 Å². The highest BCUT2D eigenvalue weighted by molar-refractivity contribution is 7.99. The Kier molecular flexibility index (Phi) is 4.86. The number of nitrogens with two attached hydrogens (primary N) is 1. The van der Waals surface area contributed by atoms with Crippen molar-refractivity contribution in [1.82, 2.24) is 0 Å². The Labute approximate surface area is 168 Å². The van der Waals surface area contributed by atoms with E-state index in [2.05, 4.69) is 6.92 Å². The number of Topliss-reactive ketones (excluding diaryl/α,β-unsaturated/α-hetero) is 1. The van der Waals surface area contributed by atoms with Crippen LogP contribution in [0.25, 0.3) is 0 Å². The summed E-state index contributed by atoms with van der Waals surface area (Å²) in [6.45, 7) is 2.13. The summed E-state index contributed by atoms with van der Waals surface area (Å²) >= 11 is 1.16. The van der Waals surface area contributed by atoms with Crippen LogP contribution >= 0.6 is 11.8 Å². The number of fused-ring (bicyclic) bond motifs is 5. The highest BCUT2D eigenvalue weighted by Crippen LogP contribution is 2.61. The molecule has 3 aliphatic rings. The van der Waals surface area contributed by atoms with Crippen molar-refractivity contribution < 1.29 is 24.9 Å². The molecule has 0 spiro atoms. The van der Waals surface area contributed by atoms with Gasteiger partial charge in [-0.3, -0.25) is 9.59 Å². The summed E-state index contributed by atoms with van der Waals surface area (Å²) in [5.41, 5.74) is 7.24. The summed E-state index contributed by atoms with van der Waals surface area (Å²) in [4.78, 5) is 23.9.